The Morgan fingerprint density at radius 1 is 1.50 bits per heavy atom. The summed E-state index contributed by atoms with van der Waals surface area (Å²) in [6, 6.07) is 0.731. The molecule has 82 valence electrons. The second-order valence-electron chi connectivity index (χ2n) is 4.45. The Bertz CT molecular complexity index is 196. The lowest BCUT2D eigenvalue weighted by Gasteiger charge is -2.36. The van der Waals surface area contributed by atoms with Gasteiger partial charge in [-0.25, -0.2) is 0 Å². The van der Waals surface area contributed by atoms with Crippen molar-refractivity contribution in [2.75, 3.05) is 13.1 Å². The summed E-state index contributed by atoms with van der Waals surface area (Å²) in [6.07, 6.45) is 0.458. The third-order valence-electron chi connectivity index (χ3n) is 2.41. The van der Waals surface area contributed by atoms with Crippen LogP contribution >= 0.6 is 0 Å². The van der Waals surface area contributed by atoms with Crippen molar-refractivity contribution in [3.05, 3.63) is 0 Å². The lowest BCUT2D eigenvalue weighted by Crippen LogP contribution is -2.56. The lowest BCUT2D eigenvalue weighted by atomic mass is 10.1. The molecule has 3 unspecified atom stereocenters. The minimum absolute atomic E-state index is 0.0389. The van der Waals surface area contributed by atoms with E-state index in [4.69, 9.17) is 5.73 Å². The standard InChI is InChI=1S/C10H21N3O/c1-7(11)4-10(14)13-5-8(2)12-9(3)6-13/h7-9,12H,4-6,11H2,1-3H3. The molecule has 0 bridgehead atoms. The second-order valence-corrected chi connectivity index (χ2v) is 4.45. The van der Waals surface area contributed by atoms with Crippen LogP contribution in [0.3, 0.4) is 0 Å². The maximum absolute atomic E-state index is 11.7. The Balaban J connectivity index is 2.46. The molecule has 0 aromatic rings. The van der Waals surface area contributed by atoms with Gasteiger partial charge in [0.05, 0.1) is 0 Å². The first kappa shape index (κ1) is 11.5. The second kappa shape index (κ2) is 4.75. The molecule has 1 aliphatic heterocycles. The van der Waals surface area contributed by atoms with E-state index in [0.29, 0.717) is 18.5 Å². The largest absolute Gasteiger partial charge is 0.340 e. The molecule has 1 aliphatic rings. The van der Waals surface area contributed by atoms with Crippen molar-refractivity contribution < 1.29 is 4.79 Å². The summed E-state index contributed by atoms with van der Waals surface area (Å²) in [4.78, 5) is 13.6. The van der Waals surface area contributed by atoms with Gasteiger partial charge < -0.3 is 16.0 Å². The summed E-state index contributed by atoms with van der Waals surface area (Å²) >= 11 is 0. The van der Waals surface area contributed by atoms with E-state index in [0.717, 1.165) is 13.1 Å². The van der Waals surface area contributed by atoms with Crippen LogP contribution in [0.1, 0.15) is 27.2 Å². The Morgan fingerprint density at radius 2 is 2.00 bits per heavy atom. The third-order valence-corrected chi connectivity index (χ3v) is 2.41. The molecule has 0 aromatic carbocycles. The fraction of sp³-hybridized carbons (Fsp3) is 0.900. The molecule has 4 heteroatoms. The highest BCUT2D eigenvalue weighted by molar-refractivity contribution is 5.77. The molecule has 1 saturated heterocycles. The molecular weight excluding hydrogens is 178 g/mol. The van der Waals surface area contributed by atoms with Gasteiger partial charge in [-0.3, -0.25) is 4.79 Å². The zero-order valence-corrected chi connectivity index (χ0v) is 9.29. The SMILES string of the molecule is CC(N)CC(=O)N1CC(C)NC(C)C1. The van der Waals surface area contributed by atoms with Gasteiger partial charge in [0, 0.05) is 37.6 Å². The van der Waals surface area contributed by atoms with Crippen LogP contribution in [0.2, 0.25) is 0 Å². The molecule has 1 amide bonds. The van der Waals surface area contributed by atoms with Gasteiger partial charge in [-0.1, -0.05) is 0 Å². The monoisotopic (exact) mass is 199 g/mol. The summed E-state index contributed by atoms with van der Waals surface area (Å²) in [6.45, 7) is 7.67. The van der Waals surface area contributed by atoms with Crippen LogP contribution in [0.15, 0.2) is 0 Å². The normalized spacial score (nSPS) is 30.1. The van der Waals surface area contributed by atoms with Crippen LogP contribution in [-0.4, -0.2) is 42.0 Å². The van der Waals surface area contributed by atoms with E-state index in [1.807, 2.05) is 11.8 Å². The minimum Gasteiger partial charge on any atom is -0.340 e. The first-order valence-electron chi connectivity index (χ1n) is 5.28. The van der Waals surface area contributed by atoms with E-state index < -0.39 is 0 Å². The number of nitrogens with zero attached hydrogens (tertiary/aromatic N) is 1. The molecule has 1 fully saturated rings. The van der Waals surface area contributed by atoms with Crippen molar-refractivity contribution in [3.8, 4) is 0 Å². The van der Waals surface area contributed by atoms with Gasteiger partial charge in [0.2, 0.25) is 5.91 Å². The topological polar surface area (TPSA) is 58.4 Å². The van der Waals surface area contributed by atoms with Crippen molar-refractivity contribution >= 4 is 5.91 Å². The first-order chi connectivity index (χ1) is 6.49. The molecular formula is C10H21N3O. The highest BCUT2D eigenvalue weighted by Crippen LogP contribution is 2.06. The Morgan fingerprint density at radius 3 is 2.43 bits per heavy atom. The predicted molar refractivity (Wildman–Crippen MR) is 56.9 cm³/mol. The molecule has 0 spiro atoms. The fourth-order valence-electron chi connectivity index (χ4n) is 1.93. The molecule has 4 nitrogen and oxygen atoms in total. The fourth-order valence-corrected chi connectivity index (χ4v) is 1.93. The van der Waals surface area contributed by atoms with Crippen LogP contribution in [0.25, 0.3) is 0 Å². The number of carbonyl (C=O) groups excluding carboxylic acids is 1. The van der Waals surface area contributed by atoms with E-state index in [1.54, 1.807) is 0 Å². The number of rotatable bonds is 2. The number of nitrogens with one attached hydrogen (secondary N) is 1. The first-order valence-corrected chi connectivity index (χ1v) is 5.28. The molecule has 0 aromatic heterocycles. The highest BCUT2D eigenvalue weighted by Gasteiger charge is 2.24. The van der Waals surface area contributed by atoms with E-state index in [1.165, 1.54) is 0 Å². The van der Waals surface area contributed by atoms with Crippen LogP contribution in [0.5, 0.6) is 0 Å². The van der Waals surface area contributed by atoms with Crippen molar-refractivity contribution in [2.45, 2.75) is 45.3 Å². The van der Waals surface area contributed by atoms with Crippen LogP contribution in [0, 0.1) is 0 Å². The zero-order valence-electron chi connectivity index (χ0n) is 9.29. The van der Waals surface area contributed by atoms with Crippen molar-refractivity contribution in [3.63, 3.8) is 0 Å². The van der Waals surface area contributed by atoms with Gasteiger partial charge >= 0.3 is 0 Å². The van der Waals surface area contributed by atoms with Crippen molar-refractivity contribution in [2.24, 2.45) is 5.73 Å². The van der Waals surface area contributed by atoms with E-state index in [-0.39, 0.29) is 11.9 Å². The Labute approximate surface area is 85.8 Å². The molecule has 3 N–H and O–H groups in total. The van der Waals surface area contributed by atoms with Crippen molar-refractivity contribution in [1.82, 2.24) is 10.2 Å². The number of nitrogens with two attached hydrogens (primary N) is 1. The van der Waals surface area contributed by atoms with E-state index >= 15 is 0 Å². The molecule has 14 heavy (non-hydrogen) atoms. The smallest absolute Gasteiger partial charge is 0.224 e. The lowest BCUT2D eigenvalue weighted by molar-refractivity contribution is -0.133. The molecule has 3 atom stereocenters. The third kappa shape index (κ3) is 3.27. The van der Waals surface area contributed by atoms with Crippen molar-refractivity contribution in [1.29, 1.82) is 0 Å². The van der Waals surface area contributed by atoms with Gasteiger partial charge in [0.15, 0.2) is 0 Å². The Hall–Kier alpha value is -0.610. The summed E-state index contributed by atoms with van der Waals surface area (Å²) in [5.41, 5.74) is 5.61. The summed E-state index contributed by atoms with van der Waals surface area (Å²) in [5, 5.41) is 3.39. The predicted octanol–water partition coefficient (Wildman–Crippen LogP) is -0.0675. The number of carbonyl (C=O) groups is 1. The molecule has 0 radical (unpaired) electrons. The average molecular weight is 199 g/mol. The van der Waals surface area contributed by atoms with Gasteiger partial charge in [0.25, 0.3) is 0 Å². The zero-order chi connectivity index (χ0) is 10.7. The van der Waals surface area contributed by atoms with Gasteiger partial charge in [-0.15, -0.1) is 0 Å². The highest BCUT2D eigenvalue weighted by atomic mass is 16.2. The number of piperazine rings is 1. The maximum atomic E-state index is 11.7. The van der Waals surface area contributed by atoms with E-state index in [9.17, 15) is 4.79 Å². The molecule has 1 rings (SSSR count). The summed E-state index contributed by atoms with van der Waals surface area (Å²) in [7, 11) is 0. The maximum Gasteiger partial charge on any atom is 0.224 e. The molecule has 0 aliphatic carbocycles. The number of hydrogen-bond acceptors (Lipinski definition) is 3. The number of hydrogen-bond donors (Lipinski definition) is 2. The van der Waals surface area contributed by atoms with Gasteiger partial charge in [0.1, 0.15) is 0 Å². The molecule has 0 saturated carbocycles. The van der Waals surface area contributed by atoms with Crippen LogP contribution in [-0.2, 0) is 4.79 Å². The van der Waals surface area contributed by atoms with Gasteiger partial charge in [-0.05, 0) is 20.8 Å². The van der Waals surface area contributed by atoms with E-state index in [2.05, 4.69) is 19.2 Å². The van der Waals surface area contributed by atoms with Gasteiger partial charge in [-0.2, -0.15) is 0 Å². The quantitative estimate of drug-likeness (QED) is 0.654. The Kier molecular flexibility index (Phi) is 3.89. The number of amides is 1. The minimum atomic E-state index is -0.0389. The molecule has 1 heterocycles. The summed E-state index contributed by atoms with van der Waals surface area (Å²) in [5.74, 6) is 0.181. The van der Waals surface area contributed by atoms with Crippen LogP contribution < -0.4 is 11.1 Å². The average Bonchev–Trinajstić information content (AvgIpc) is 2.00. The van der Waals surface area contributed by atoms with Crippen LogP contribution in [0.4, 0.5) is 0 Å². The summed E-state index contributed by atoms with van der Waals surface area (Å²) < 4.78 is 0.